The van der Waals surface area contributed by atoms with Gasteiger partial charge in [0.2, 0.25) is 5.91 Å². The number of hydrogen-bond acceptors (Lipinski definition) is 4. The lowest BCUT2D eigenvalue weighted by atomic mass is 10.2. The molecular weight excluding hydrogens is 381 g/mol. The van der Waals surface area contributed by atoms with Crippen LogP contribution in [0.25, 0.3) is 22.3 Å². The molecule has 0 saturated heterocycles. The van der Waals surface area contributed by atoms with Gasteiger partial charge in [-0.3, -0.25) is 9.20 Å². The van der Waals surface area contributed by atoms with Crippen LogP contribution in [0.15, 0.2) is 54.1 Å². The molecule has 136 valence electrons. The van der Waals surface area contributed by atoms with E-state index in [-0.39, 0.29) is 11.7 Å². The molecule has 0 saturated carbocycles. The van der Waals surface area contributed by atoms with Crippen LogP contribution >= 0.6 is 22.7 Å². The van der Waals surface area contributed by atoms with Gasteiger partial charge < -0.3 is 5.32 Å². The number of aryl methyl sites for hydroxylation is 1. The Kier molecular flexibility index (Phi) is 4.87. The second-order valence-corrected chi connectivity index (χ2v) is 8.00. The van der Waals surface area contributed by atoms with E-state index in [4.69, 9.17) is 0 Å². The molecule has 3 heterocycles. The SMILES string of the molecule is Cc1c(CNC(=O)/C=C/c2cccs2)sc2nc(-c3ccc(F)cc3)cn12. The van der Waals surface area contributed by atoms with Gasteiger partial charge in [-0.15, -0.1) is 11.3 Å². The van der Waals surface area contributed by atoms with E-state index in [0.29, 0.717) is 6.54 Å². The molecule has 1 amide bonds. The van der Waals surface area contributed by atoms with Gasteiger partial charge in [-0.25, -0.2) is 9.37 Å². The molecule has 0 aliphatic rings. The van der Waals surface area contributed by atoms with Gasteiger partial charge in [0.15, 0.2) is 4.96 Å². The van der Waals surface area contributed by atoms with Crippen LogP contribution < -0.4 is 5.32 Å². The fourth-order valence-corrected chi connectivity index (χ4v) is 4.35. The molecule has 4 nitrogen and oxygen atoms in total. The Morgan fingerprint density at radius 2 is 2.11 bits per heavy atom. The summed E-state index contributed by atoms with van der Waals surface area (Å²) in [6, 6.07) is 10.2. The summed E-state index contributed by atoms with van der Waals surface area (Å²) in [4.78, 5) is 19.6. The van der Waals surface area contributed by atoms with Crippen LogP contribution in [-0.4, -0.2) is 15.3 Å². The normalized spacial score (nSPS) is 11.5. The molecule has 3 aromatic heterocycles. The number of nitrogens with one attached hydrogen (secondary N) is 1. The van der Waals surface area contributed by atoms with Crippen LogP contribution in [0.3, 0.4) is 0 Å². The first kappa shape index (κ1) is 17.6. The Morgan fingerprint density at radius 3 is 2.81 bits per heavy atom. The molecule has 0 fully saturated rings. The molecular formula is C20H16FN3OS2. The van der Waals surface area contributed by atoms with Crippen LogP contribution in [0.1, 0.15) is 15.4 Å². The first-order chi connectivity index (χ1) is 13.1. The monoisotopic (exact) mass is 397 g/mol. The fraction of sp³-hybridized carbons (Fsp3) is 0.100. The lowest BCUT2D eigenvalue weighted by molar-refractivity contribution is -0.116. The zero-order valence-electron chi connectivity index (χ0n) is 14.5. The van der Waals surface area contributed by atoms with E-state index in [0.717, 1.165) is 31.7 Å². The number of halogens is 1. The molecule has 4 aromatic rings. The first-order valence-corrected chi connectivity index (χ1v) is 10.0. The number of carbonyl (C=O) groups excluding carboxylic acids is 1. The van der Waals surface area contributed by atoms with Crippen molar-refractivity contribution in [2.24, 2.45) is 0 Å². The van der Waals surface area contributed by atoms with Gasteiger partial charge in [-0.1, -0.05) is 17.4 Å². The Morgan fingerprint density at radius 1 is 1.30 bits per heavy atom. The highest BCUT2D eigenvalue weighted by Gasteiger charge is 2.13. The van der Waals surface area contributed by atoms with Crippen molar-refractivity contribution < 1.29 is 9.18 Å². The molecule has 0 spiro atoms. The summed E-state index contributed by atoms with van der Waals surface area (Å²) in [6.07, 6.45) is 5.30. The van der Waals surface area contributed by atoms with Crippen LogP contribution in [0, 0.1) is 12.7 Å². The Bertz CT molecular complexity index is 1110. The van der Waals surface area contributed by atoms with Gasteiger partial charge in [0.25, 0.3) is 0 Å². The third kappa shape index (κ3) is 3.84. The largest absolute Gasteiger partial charge is 0.348 e. The fourth-order valence-electron chi connectivity index (χ4n) is 2.69. The number of nitrogens with zero attached hydrogens (tertiary/aromatic N) is 2. The highest BCUT2D eigenvalue weighted by molar-refractivity contribution is 7.17. The van der Waals surface area contributed by atoms with Crippen molar-refractivity contribution in [1.29, 1.82) is 0 Å². The van der Waals surface area contributed by atoms with E-state index in [1.807, 2.05) is 41.1 Å². The lowest BCUT2D eigenvalue weighted by Crippen LogP contribution is -2.20. The summed E-state index contributed by atoms with van der Waals surface area (Å²) in [7, 11) is 0. The molecule has 1 aromatic carbocycles. The summed E-state index contributed by atoms with van der Waals surface area (Å²) in [6.45, 7) is 2.46. The van der Waals surface area contributed by atoms with Crippen LogP contribution in [-0.2, 0) is 11.3 Å². The van der Waals surface area contributed by atoms with Gasteiger partial charge >= 0.3 is 0 Å². The smallest absolute Gasteiger partial charge is 0.244 e. The Hall–Kier alpha value is -2.77. The third-order valence-electron chi connectivity index (χ3n) is 4.16. The van der Waals surface area contributed by atoms with Crippen molar-refractivity contribution in [1.82, 2.24) is 14.7 Å². The second-order valence-electron chi connectivity index (χ2n) is 5.96. The average molecular weight is 398 g/mol. The molecule has 0 radical (unpaired) electrons. The van der Waals surface area contributed by atoms with Crippen molar-refractivity contribution in [2.75, 3.05) is 0 Å². The topological polar surface area (TPSA) is 46.4 Å². The Labute approximate surface area is 163 Å². The van der Waals surface area contributed by atoms with E-state index in [2.05, 4.69) is 10.3 Å². The second kappa shape index (κ2) is 7.46. The number of thiophene rings is 1. The molecule has 0 unspecified atom stereocenters. The summed E-state index contributed by atoms with van der Waals surface area (Å²) >= 11 is 3.13. The number of thiazole rings is 1. The molecule has 27 heavy (non-hydrogen) atoms. The first-order valence-electron chi connectivity index (χ1n) is 8.33. The maximum absolute atomic E-state index is 13.1. The summed E-state index contributed by atoms with van der Waals surface area (Å²) in [5.41, 5.74) is 2.72. The molecule has 0 aliphatic carbocycles. The minimum absolute atomic E-state index is 0.124. The van der Waals surface area contributed by atoms with Crippen molar-refractivity contribution in [2.45, 2.75) is 13.5 Å². The minimum Gasteiger partial charge on any atom is -0.348 e. The number of rotatable bonds is 5. The Balaban J connectivity index is 1.47. The van der Waals surface area contributed by atoms with E-state index < -0.39 is 0 Å². The molecule has 4 rings (SSSR count). The average Bonchev–Trinajstić information content (AvgIpc) is 3.38. The molecule has 7 heteroatoms. The van der Waals surface area contributed by atoms with Crippen LogP contribution in [0.4, 0.5) is 4.39 Å². The van der Waals surface area contributed by atoms with E-state index in [1.54, 1.807) is 40.9 Å². The standard InChI is InChI=1S/C20H16FN3OS2/c1-13-18(11-22-19(25)9-8-16-3-2-10-26-16)27-20-23-17(12-24(13)20)14-4-6-15(21)7-5-14/h2-10,12H,11H2,1H3,(H,22,25)/b9-8+. The van der Waals surface area contributed by atoms with Gasteiger partial charge in [0.05, 0.1) is 12.2 Å². The van der Waals surface area contributed by atoms with E-state index in [9.17, 15) is 9.18 Å². The molecule has 0 aliphatic heterocycles. The maximum Gasteiger partial charge on any atom is 0.244 e. The number of hydrogen-bond donors (Lipinski definition) is 1. The van der Waals surface area contributed by atoms with Crippen molar-refractivity contribution in [3.05, 3.63) is 75.3 Å². The zero-order chi connectivity index (χ0) is 18.8. The maximum atomic E-state index is 13.1. The van der Waals surface area contributed by atoms with Crippen LogP contribution in [0.2, 0.25) is 0 Å². The summed E-state index contributed by atoms with van der Waals surface area (Å²) in [5, 5.41) is 4.89. The minimum atomic E-state index is -0.262. The van der Waals surface area contributed by atoms with E-state index >= 15 is 0 Å². The van der Waals surface area contributed by atoms with Gasteiger partial charge in [-0.05, 0) is 48.7 Å². The molecule has 0 bridgehead atoms. The third-order valence-corrected chi connectivity index (χ3v) is 6.15. The number of amides is 1. The predicted octanol–water partition coefficient (Wildman–Crippen LogP) is 4.90. The van der Waals surface area contributed by atoms with Crippen molar-refractivity contribution >= 4 is 39.6 Å². The number of aromatic nitrogens is 2. The number of fused-ring (bicyclic) bond motifs is 1. The highest BCUT2D eigenvalue weighted by Crippen LogP contribution is 2.27. The van der Waals surface area contributed by atoms with Crippen LogP contribution in [0.5, 0.6) is 0 Å². The summed E-state index contributed by atoms with van der Waals surface area (Å²) < 4.78 is 15.1. The molecule has 1 N–H and O–H groups in total. The molecule has 0 atom stereocenters. The lowest BCUT2D eigenvalue weighted by Gasteiger charge is -2.01. The quantitative estimate of drug-likeness (QED) is 0.487. The predicted molar refractivity (Wildman–Crippen MR) is 108 cm³/mol. The van der Waals surface area contributed by atoms with Crippen molar-refractivity contribution in [3.8, 4) is 11.3 Å². The van der Waals surface area contributed by atoms with Gasteiger partial charge in [0.1, 0.15) is 5.82 Å². The highest BCUT2D eigenvalue weighted by atomic mass is 32.1. The number of benzene rings is 1. The zero-order valence-corrected chi connectivity index (χ0v) is 16.1. The van der Waals surface area contributed by atoms with E-state index in [1.165, 1.54) is 12.1 Å². The van der Waals surface area contributed by atoms with Gasteiger partial charge in [-0.2, -0.15) is 0 Å². The number of carbonyl (C=O) groups is 1. The van der Waals surface area contributed by atoms with Gasteiger partial charge in [0, 0.05) is 33.3 Å². The van der Waals surface area contributed by atoms with Crippen molar-refractivity contribution in [3.63, 3.8) is 0 Å². The number of imidazole rings is 1. The summed E-state index contributed by atoms with van der Waals surface area (Å²) in [5.74, 6) is -0.386.